The highest BCUT2D eigenvalue weighted by Crippen LogP contribution is 2.12. The highest BCUT2D eigenvalue weighted by molar-refractivity contribution is 5.68. The molecule has 1 aromatic rings. The average molecular weight is 264 g/mol. The van der Waals surface area contributed by atoms with Crippen molar-refractivity contribution in [3.63, 3.8) is 0 Å². The molecule has 2 N–H and O–H groups in total. The molecule has 0 saturated carbocycles. The van der Waals surface area contributed by atoms with E-state index in [0.29, 0.717) is 18.2 Å². The van der Waals surface area contributed by atoms with Crippen molar-refractivity contribution in [2.24, 2.45) is 0 Å². The molecular weight excluding hydrogens is 244 g/mol. The maximum Gasteiger partial charge on any atom is 0.328 e. The summed E-state index contributed by atoms with van der Waals surface area (Å²) in [6.07, 6.45) is 4.81. The van der Waals surface area contributed by atoms with E-state index in [0.717, 1.165) is 19.4 Å². The number of rotatable bonds is 6. The van der Waals surface area contributed by atoms with Crippen molar-refractivity contribution in [2.45, 2.75) is 38.1 Å². The van der Waals surface area contributed by atoms with Crippen LogP contribution in [0.5, 0.6) is 5.75 Å². The normalized spacial score (nSPS) is 18.8. The first-order chi connectivity index (χ1) is 9.34. The summed E-state index contributed by atoms with van der Waals surface area (Å²) in [5.41, 5.74) is 2.22. The van der Waals surface area contributed by atoms with E-state index in [2.05, 4.69) is 11.0 Å². The number of hydrogen-bond donors (Lipinski definition) is 2. The molecule has 104 valence electrons. The highest BCUT2D eigenvalue weighted by Gasteiger charge is 2.14. The molecule has 1 fully saturated rings. The zero-order chi connectivity index (χ0) is 13.3. The Labute approximate surface area is 113 Å². The molecule has 1 heterocycles. The second-order valence-corrected chi connectivity index (χ2v) is 4.66. The molecule has 0 aromatic heterocycles. The van der Waals surface area contributed by atoms with E-state index in [-0.39, 0.29) is 5.97 Å². The van der Waals surface area contributed by atoms with Gasteiger partial charge in [0.15, 0.2) is 5.75 Å². The minimum atomic E-state index is -0.302. The molecule has 0 radical (unpaired) electrons. The molecule has 0 spiro atoms. The molecule has 5 heteroatoms. The van der Waals surface area contributed by atoms with E-state index in [4.69, 9.17) is 9.68 Å². The van der Waals surface area contributed by atoms with E-state index in [1.165, 1.54) is 12.8 Å². The standard InChI is InChI=1S/C14H20N2O3/c17-14(10-9-12-6-4-5-11-15-12)19-16-18-13-7-2-1-3-8-13/h1-3,7-8,12,15-16H,4-6,9-11H2. The maximum absolute atomic E-state index is 11.5. The molecule has 0 amide bonds. The summed E-state index contributed by atoms with van der Waals surface area (Å²) < 4.78 is 0. The number of carbonyl (C=O) groups excluding carboxylic acids is 1. The third-order valence-corrected chi connectivity index (χ3v) is 3.17. The molecule has 1 aromatic carbocycles. The number of nitrogens with one attached hydrogen (secondary N) is 2. The first-order valence-electron chi connectivity index (χ1n) is 6.74. The van der Waals surface area contributed by atoms with E-state index < -0.39 is 0 Å². The summed E-state index contributed by atoms with van der Waals surface area (Å²) >= 11 is 0. The predicted molar refractivity (Wildman–Crippen MR) is 71.2 cm³/mol. The first kappa shape index (κ1) is 13.8. The molecule has 0 bridgehead atoms. The van der Waals surface area contributed by atoms with Crippen molar-refractivity contribution in [3.8, 4) is 5.75 Å². The second kappa shape index (κ2) is 7.76. The maximum atomic E-state index is 11.5. The summed E-state index contributed by atoms with van der Waals surface area (Å²) in [6, 6.07) is 9.55. The van der Waals surface area contributed by atoms with Gasteiger partial charge in [0.25, 0.3) is 0 Å². The van der Waals surface area contributed by atoms with E-state index in [9.17, 15) is 4.79 Å². The van der Waals surface area contributed by atoms with Crippen LogP contribution in [0.15, 0.2) is 30.3 Å². The first-order valence-corrected chi connectivity index (χ1v) is 6.74. The van der Waals surface area contributed by atoms with Crippen LogP contribution in [0.1, 0.15) is 32.1 Å². The Kier molecular flexibility index (Phi) is 5.65. The van der Waals surface area contributed by atoms with Crippen molar-refractivity contribution in [2.75, 3.05) is 6.54 Å². The van der Waals surface area contributed by atoms with Crippen LogP contribution >= 0.6 is 0 Å². The lowest BCUT2D eigenvalue weighted by atomic mass is 10.0. The number of benzene rings is 1. The van der Waals surface area contributed by atoms with Crippen LogP contribution in [0.3, 0.4) is 0 Å². The summed E-state index contributed by atoms with van der Waals surface area (Å²) in [7, 11) is 0. The van der Waals surface area contributed by atoms with Crippen LogP contribution in [-0.2, 0) is 9.63 Å². The van der Waals surface area contributed by atoms with Gasteiger partial charge in [0, 0.05) is 18.1 Å². The van der Waals surface area contributed by atoms with Crippen molar-refractivity contribution in [3.05, 3.63) is 30.3 Å². The van der Waals surface area contributed by atoms with Crippen LogP contribution < -0.4 is 15.8 Å². The Hall–Kier alpha value is -1.59. The quantitative estimate of drug-likeness (QED) is 0.769. The number of piperidine rings is 1. The molecule has 1 atom stereocenters. The van der Waals surface area contributed by atoms with Gasteiger partial charge >= 0.3 is 5.97 Å². The minimum absolute atomic E-state index is 0.302. The highest BCUT2D eigenvalue weighted by atomic mass is 16.9. The van der Waals surface area contributed by atoms with Gasteiger partial charge in [-0.25, -0.2) is 0 Å². The SMILES string of the molecule is O=C(CCC1CCCCN1)ONOc1ccccc1. The lowest BCUT2D eigenvalue weighted by Gasteiger charge is -2.22. The molecule has 1 saturated heterocycles. The second-order valence-electron chi connectivity index (χ2n) is 4.66. The topological polar surface area (TPSA) is 59.6 Å². The summed E-state index contributed by atoms with van der Waals surface area (Å²) in [5, 5.41) is 3.40. The van der Waals surface area contributed by atoms with Gasteiger partial charge in [0.2, 0.25) is 0 Å². The third-order valence-electron chi connectivity index (χ3n) is 3.17. The van der Waals surface area contributed by atoms with Crippen molar-refractivity contribution >= 4 is 5.97 Å². The van der Waals surface area contributed by atoms with E-state index >= 15 is 0 Å². The molecule has 1 aliphatic rings. The Bertz CT molecular complexity index is 378. The van der Waals surface area contributed by atoms with Crippen LogP contribution in [0, 0.1) is 0 Å². The Morgan fingerprint density at radius 3 is 2.89 bits per heavy atom. The van der Waals surface area contributed by atoms with Gasteiger partial charge < -0.3 is 15.0 Å². The Morgan fingerprint density at radius 2 is 2.16 bits per heavy atom. The van der Waals surface area contributed by atoms with Gasteiger partial charge in [-0.05, 0) is 37.9 Å². The minimum Gasteiger partial charge on any atom is -0.374 e. The molecule has 0 aliphatic carbocycles. The summed E-state index contributed by atoms with van der Waals surface area (Å²) in [4.78, 5) is 21.3. The monoisotopic (exact) mass is 264 g/mol. The fraction of sp³-hybridized carbons (Fsp3) is 0.500. The van der Waals surface area contributed by atoms with Crippen LogP contribution in [0.2, 0.25) is 0 Å². The molecular formula is C14H20N2O3. The number of carbonyl (C=O) groups is 1. The zero-order valence-corrected chi connectivity index (χ0v) is 10.9. The molecule has 1 aliphatic heterocycles. The summed E-state index contributed by atoms with van der Waals surface area (Å²) in [5.74, 6) is 0.299. The molecule has 1 unspecified atom stereocenters. The summed E-state index contributed by atoms with van der Waals surface area (Å²) in [6.45, 7) is 1.05. The Balaban J connectivity index is 1.57. The lowest BCUT2D eigenvalue weighted by Crippen LogP contribution is -2.34. The largest absolute Gasteiger partial charge is 0.374 e. The van der Waals surface area contributed by atoms with Crippen LogP contribution in [0.4, 0.5) is 0 Å². The van der Waals surface area contributed by atoms with Crippen molar-refractivity contribution in [1.29, 1.82) is 0 Å². The fourth-order valence-corrected chi connectivity index (χ4v) is 2.12. The average Bonchev–Trinajstić information content (AvgIpc) is 2.47. The van der Waals surface area contributed by atoms with Crippen LogP contribution in [-0.4, -0.2) is 18.6 Å². The van der Waals surface area contributed by atoms with Gasteiger partial charge in [-0.1, -0.05) is 24.6 Å². The molecule has 2 rings (SSSR count). The van der Waals surface area contributed by atoms with Gasteiger partial charge in [-0.3, -0.25) is 4.79 Å². The van der Waals surface area contributed by atoms with Crippen molar-refractivity contribution < 1.29 is 14.5 Å². The van der Waals surface area contributed by atoms with Gasteiger partial charge in [-0.2, -0.15) is 0 Å². The van der Waals surface area contributed by atoms with E-state index in [1.54, 1.807) is 12.1 Å². The van der Waals surface area contributed by atoms with Crippen LogP contribution in [0.25, 0.3) is 0 Å². The van der Waals surface area contributed by atoms with Gasteiger partial charge in [-0.15, -0.1) is 0 Å². The zero-order valence-electron chi connectivity index (χ0n) is 10.9. The molecule has 19 heavy (non-hydrogen) atoms. The lowest BCUT2D eigenvalue weighted by molar-refractivity contribution is -0.171. The van der Waals surface area contributed by atoms with E-state index in [1.807, 2.05) is 18.2 Å². The Morgan fingerprint density at radius 1 is 1.32 bits per heavy atom. The predicted octanol–water partition coefficient (Wildman–Crippen LogP) is 1.95. The van der Waals surface area contributed by atoms with Gasteiger partial charge in [0.05, 0.1) is 0 Å². The number of hydrogen-bond acceptors (Lipinski definition) is 5. The smallest absolute Gasteiger partial charge is 0.328 e. The third kappa shape index (κ3) is 5.28. The van der Waals surface area contributed by atoms with Gasteiger partial charge in [0.1, 0.15) is 0 Å². The van der Waals surface area contributed by atoms with Crippen molar-refractivity contribution in [1.82, 2.24) is 11.0 Å². The number of para-hydroxylation sites is 1. The molecule has 5 nitrogen and oxygen atoms in total. The fourth-order valence-electron chi connectivity index (χ4n) is 2.12.